The fourth-order valence-corrected chi connectivity index (χ4v) is 4.59. The number of rotatable bonds is 4. The summed E-state index contributed by atoms with van der Waals surface area (Å²) in [6.45, 7) is 0.588. The average molecular weight is 389 g/mol. The topological polar surface area (TPSA) is 70.7 Å². The number of methoxy groups -OCH3 is 1. The van der Waals surface area contributed by atoms with E-state index >= 15 is 0 Å². The van der Waals surface area contributed by atoms with Gasteiger partial charge in [0.05, 0.1) is 12.0 Å². The summed E-state index contributed by atoms with van der Waals surface area (Å²) in [4.78, 5) is 27.3. The fraction of sp³-hybridized carbons (Fsp3) is 0.368. The molecule has 4 rings (SSSR count). The summed E-state index contributed by atoms with van der Waals surface area (Å²) >= 11 is 1.42. The molecule has 3 amide bonds. The molecule has 1 aliphatic carbocycles. The molecule has 6 nitrogen and oxygen atoms in total. The van der Waals surface area contributed by atoms with E-state index in [9.17, 15) is 14.0 Å². The van der Waals surface area contributed by atoms with Crippen LogP contribution in [0.15, 0.2) is 35.7 Å². The second-order valence-corrected chi connectivity index (χ2v) is 7.82. The summed E-state index contributed by atoms with van der Waals surface area (Å²) in [5.74, 6) is -0.184. The Bertz CT molecular complexity index is 858. The minimum absolute atomic E-state index is 0.0488. The number of hydrogen-bond donors (Lipinski definition) is 2. The average Bonchev–Trinajstić information content (AvgIpc) is 3.38. The van der Waals surface area contributed by atoms with Crippen molar-refractivity contribution < 1.29 is 18.7 Å². The SMILES string of the molecule is COc1ccc(NC(=O)N2CC3CC2CC3NC(=O)c2cccs2)cc1F. The molecule has 2 heterocycles. The van der Waals surface area contributed by atoms with Crippen LogP contribution in [0, 0.1) is 11.7 Å². The third-order valence-electron chi connectivity index (χ3n) is 5.27. The highest BCUT2D eigenvalue weighted by molar-refractivity contribution is 7.12. The van der Waals surface area contributed by atoms with Crippen LogP contribution < -0.4 is 15.4 Å². The van der Waals surface area contributed by atoms with Gasteiger partial charge in [0.15, 0.2) is 11.6 Å². The Morgan fingerprint density at radius 3 is 2.78 bits per heavy atom. The number of carbonyl (C=O) groups is 2. The number of benzene rings is 1. The zero-order chi connectivity index (χ0) is 19.0. The molecule has 2 aliphatic rings. The zero-order valence-corrected chi connectivity index (χ0v) is 15.6. The summed E-state index contributed by atoms with van der Waals surface area (Å²) < 4.78 is 18.7. The van der Waals surface area contributed by atoms with Crippen LogP contribution in [0.3, 0.4) is 0 Å². The Kier molecular flexibility index (Phi) is 4.73. The van der Waals surface area contributed by atoms with E-state index in [1.807, 2.05) is 11.4 Å². The van der Waals surface area contributed by atoms with E-state index in [1.165, 1.54) is 30.6 Å². The van der Waals surface area contributed by atoms with Gasteiger partial charge in [-0.1, -0.05) is 6.07 Å². The van der Waals surface area contributed by atoms with Gasteiger partial charge in [-0.25, -0.2) is 9.18 Å². The van der Waals surface area contributed by atoms with Crippen molar-refractivity contribution in [2.24, 2.45) is 5.92 Å². The predicted octanol–water partition coefficient (Wildman–Crippen LogP) is 3.32. The zero-order valence-electron chi connectivity index (χ0n) is 14.8. The highest BCUT2D eigenvalue weighted by Crippen LogP contribution is 2.38. The molecule has 0 radical (unpaired) electrons. The van der Waals surface area contributed by atoms with E-state index in [0.29, 0.717) is 17.1 Å². The molecule has 2 aromatic rings. The number of likely N-dealkylation sites (tertiary alicyclic amines) is 1. The molecule has 1 saturated heterocycles. The number of halogens is 1. The number of amides is 3. The summed E-state index contributed by atoms with van der Waals surface area (Å²) in [5, 5.41) is 7.71. The second-order valence-electron chi connectivity index (χ2n) is 6.87. The lowest BCUT2D eigenvalue weighted by atomic mass is 10.0. The molecule has 1 aliphatic heterocycles. The van der Waals surface area contributed by atoms with E-state index in [0.717, 1.165) is 12.8 Å². The van der Waals surface area contributed by atoms with Gasteiger partial charge in [0.2, 0.25) is 0 Å². The molecule has 0 spiro atoms. The Morgan fingerprint density at radius 2 is 2.15 bits per heavy atom. The number of hydrogen-bond acceptors (Lipinski definition) is 4. The molecule has 2 bridgehead atoms. The Hall–Kier alpha value is -2.61. The molecule has 142 valence electrons. The maximum absolute atomic E-state index is 13.8. The number of nitrogens with zero attached hydrogens (tertiary/aromatic N) is 1. The van der Waals surface area contributed by atoms with Gasteiger partial charge in [0.1, 0.15) is 0 Å². The number of carbonyl (C=O) groups excluding carboxylic acids is 2. The fourth-order valence-electron chi connectivity index (χ4n) is 3.97. The molecule has 2 N–H and O–H groups in total. The number of fused-ring (bicyclic) bond motifs is 2. The van der Waals surface area contributed by atoms with E-state index in [1.54, 1.807) is 17.0 Å². The van der Waals surface area contributed by atoms with Crippen LogP contribution in [-0.4, -0.2) is 42.6 Å². The van der Waals surface area contributed by atoms with Crippen LogP contribution in [-0.2, 0) is 0 Å². The second kappa shape index (κ2) is 7.19. The van der Waals surface area contributed by atoms with Crippen molar-refractivity contribution in [1.82, 2.24) is 10.2 Å². The van der Waals surface area contributed by atoms with Crippen molar-refractivity contribution in [2.45, 2.75) is 24.9 Å². The quantitative estimate of drug-likeness (QED) is 0.843. The van der Waals surface area contributed by atoms with Crippen molar-refractivity contribution in [2.75, 3.05) is 19.0 Å². The molecule has 8 heteroatoms. The van der Waals surface area contributed by atoms with E-state index < -0.39 is 5.82 Å². The van der Waals surface area contributed by atoms with E-state index in [-0.39, 0.29) is 35.7 Å². The summed E-state index contributed by atoms with van der Waals surface area (Å²) in [5.41, 5.74) is 0.392. The van der Waals surface area contributed by atoms with Gasteiger partial charge in [0, 0.05) is 30.4 Å². The minimum Gasteiger partial charge on any atom is -0.494 e. The first-order chi connectivity index (χ1) is 13.0. The number of ether oxygens (including phenoxy) is 1. The Morgan fingerprint density at radius 1 is 1.30 bits per heavy atom. The van der Waals surface area contributed by atoms with Crippen LogP contribution in [0.2, 0.25) is 0 Å². The van der Waals surface area contributed by atoms with E-state index in [2.05, 4.69) is 10.6 Å². The van der Waals surface area contributed by atoms with Crippen molar-refractivity contribution in [3.05, 3.63) is 46.4 Å². The highest BCUT2D eigenvalue weighted by atomic mass is 32.1. The van der Waals surface area contributed by atoms with Crippen LogP contribution in [0.4, 0.5) is 14.9 Å². The van der Waals surface area contributed by atoms with Crippen LogP contribution in [0.5, 0.6) is 5.75 Å². The van der Waals surface area contributed by atoms with E-state index in [4.69, 9.17) is 4.74 Å². The molecule has 27 heavy (non-hydrogen) atoms. The number of piperidine rings is 1. The maximum atomic E-state index is 13.8. The lowest BCUT2D eigenvalue weighted by molar-refractivity contribution is 0.0919. The number of nitrogens with one attached hydrogen (secondary N) is 2. The Labute approximate surface area is 160 Å². The van der Waals surface area contributed by atoms with Crippen molar-refractivity contribution >= 4 is 29.0 Å². The third kappa shape index (κ3) is 3.49. The van der Waals surface area contributed by atoms with Crippen molar-refractivity contribution in [3.63, 3.8) is 0 Å². The third-order valence-corrected chi connectivity index (χ3v) is 6.14. The Balaban J connectivity index is 1.34. The molecule has 3 unspecified atom stereocenters. The van der Waals surface area contributed by atoms with Crippen molar-refractivity contribution in [3.8, 4) is 5.75 Å². The lowest BCUT2D eigenvalue weighted by Crippen LogP contribution is -2.48. The first-order valence-corrected chi connectivity index (χ1v) is 9.68. The highest BCUT2D eigenvalue weighted by Gasteiger charge is 2.47. The van der Waals surface area contributed by atoms with Gasteiger partial charge in [-0.15, -0.1) is 11.3 Å². The lowest BCUT2D eigenvalue weighted by Gasteiger charge is -2.32. The molecule has 1 saturated carbocycles. The minimum atomic E-state index is -0.519. The van der Waals surface area contributed by atoms with Crippen LogP contribution in [0.25, 0.3) is 0 Å². The summed E-state index contributed by atoms with van der Waals surface area (Å²) in [6.07, 6.45) is 1.62. The smallest absolute Gasteiger partial charge is 0.322 e. The molecule has 1 aromatic heterocycles. The predicted molar refractivity (Wildman–Crippen MR) is 101 cm³/mol. The largest absolute Gasteiger partial charge is 0.494 e. The molecular formula is C19H20FN3O3S. The van der Waals surface area contributed by atoms with Gasteiger partial charge >= 0.3 is 6.03 Å². The standard InChI is InChI=1S/C19H20FN3O3S/c1-26-16-5-4-12(8-14(16)20)21-19(25)23-10-11-7-13(23)9-15(11)22-18(24)17-3-2-6-27-17/h2-6,8,11,13,15H,7,9-10H2,1H3,(H,21,25)(H,22,24). The molecule has 2 fully saturated rings. The molecule has 3 atom stereocenters. The van der Waals surface area contributed by atoms with Gasteiger partial charge in [0.25, 0.3) is 5.91 Å². The van der Waals surface area contributed by atoms with Gasteiger partial charge < -0.3 is 20.3 Å². The normalized spacial score (nSPS) is 23.3. The molecular weight excluding hydrogens is 369 g/mol. The maximum Gasteiger partial charge on any atom is 0.322 e. The van der Waals surface area contributed by atoms with Crippen molar-refractivity contribution in [1.29, 1.82) is 0 Å². The van der Waals surface area contributed by atoms with Gasteiger partial charge in [-0.3, -0.25) is 4.79 Å². The number of anilines is 1. The summed E-state index contributed by atoms with van der Waals surface area (Å²) in [6, 6.07) is 7.94. The monoisotopic (exact) mass is 389 g/mol. The first-order valence-electron chi connectivity index (χ1n) is 8.80. The molecule has 1 aromatic carbocycles. The van der Waals surface area contributed by atoms with Gasteiger partial charge in [-0.2, -0.15) is 0 Å². The van der Waals surface area contributed by atoms with Gasteiger partial charge in [-0.05, 0) is 42.3 Å². The van der Waals surface area contributed by atoms with Crippen LogP contribution >= 0.6 is 11.3 Å². The number of urea groups is 1. The van der Waals surface area contributed by atoms with Crippen LogP contribution in [0.1, 0.15) is 22.5 Å². The first kappa shape index (κ1) is 17.8. The summed E-state index contributed by atoms with van der Waals surface area (Å²) in [7, 11) is 1.39. The number of thiophene rings is 1.